The van der Waals surface area contributed by atoms with Gasteiger partial charge in [-0.1, -0.05) is 0 Å². The van der Waals surface area contributed by atoms with Crippen molar-refractivity contribution in [2.45, 2.75) is 13.5 Å². The lowest BCUT2D eigenvalue weighted by molar-refractivity contribution is 0.409. The molecule has 0 radical (unpaired) electrons. The van der Waals surface area contributed by atoms with Gasteiger partial charge in [-0.3, -0.25) is 0 Å². The van der Waals surface area contributed by atoms with Gasteiger partial charge in [-0.2, -0.15) is 5.26 Å². The molecular formula is C10H12N2O. The summed E-state index contributed by atoms with van der Waals surface area (Å²) in [6, 6.07) is 5.79. The van der Waals surface area contributed by atoms with Crippen LogP contribution in [0.4, 0.5) is 0 Å². The molecule has 1 rings (SSSR count). The minimum atomic E-state index is 0.326. The first-order chi connectivity index (χ1) is 6.22. The summed E-state index contributed by atoms with van der Waals surface area (Å²) in [6.07, 6.45) is 0. The summed E-state index contributed by atoms with van der Waals surface area (Å²) in [4.78, 5) is 0. The lowest BCUT2D eigenvalue weighted by atomic mass is 10.0. The van der Waals surface area contributed by atoms with E-state index in [2.05, 4.69) is 6.07 Å². The topological polar surface area (TPSA) is 59.0 Å². The van der Waals surface area contributed by atoms with Crippen molar-refractivity contribution in [2.75, 3.05) is 7.11 Å². The van der Waals surface area contributed by atoms with E-state index in [0.29, 0.717) is 17.9 Å². The fraction of sp³-hybridized carbons (Fsp3) is 0.300. The van der Waals surface area contributed by atoms with E-state index < -0.39 is 0 Å². The van der Waals surface area contributed by atoms with Crippen LogP contribution in [0.5, 0.6) is 5.75 Å². The van der Waals surface area contributed by atoms with Crippen LogP contribution in [0.3, 0.4) is 0 Å². The third-order valence-corrected chi connectivity index (χ3v) is 1.90. The standard InChI is InChI=1S/C10H12N2O/c1-7-3-8(5-11)9(6-12)10(4-7)13-2/h3-4H,6,12H2,1-2H3. The Hall–Kier alpha value is -1.53. The van der Waals surface area contributed by atoms with Crippen molar-refractivity contribution in [3.05, 3.63) is 28.8 Å². The first kappa shape index (κ1) is 9.56. The molecule has 0 bridgehead atoms. The van der Waals surface area contributed by atoms with Gasteiger partial charge >= 0.3 is 0 Å². The van der Waals surface area contributed by atoms with E-state index in [4.69, 9.17) is 15.7 Å². The quantitative estimate of drug-likeness (QED) is 0.739. The summed E-state index contributed by atoms with van der Waals surface area (Å²) in [5.74, 6) is 0.694. The predicted molar refractivity (Wildman–Crippen MR) is 50.3 cm³/mol. The molecule has 1 aromatic carbocycles. The van der Waals surface area contributed by atoms with E-state index in [9.17, 15) is 0 Å². The Morgan fingerprint density at radius 2 is 2.23 bits per heavy atom. The lowest BCUT2D eigenvalue weighted by Crippen LogP contribution is -2.03. The van der Waals surface area contributed by atoms with Crippen molar-refractivity contribution in [2.24, 2.45) is 5.73 Å². The molecule has 0 aliphatic rings. The second kappa shape index (κ2) is 3.92. The zero-order chi connectivity index (χ0) is 9.84. The number of nitriles is 1. The van der Waals surface area contributed by atoms with Crippen LogP contribution in [0, 0.1) is 18.3 Å². The van der Waals surface area contributed by atoms with Gasteiger partial charge in [0.25, 0.3) is 0 Å². The molecule has 0 fully saturated rings. The third-order valence-electron chi connectivity index (χ3n) is 1.90. The molecular weight excluding hydrogens is 164 g/mol. The van der Waals surface area contributed by atoms with Crippen LogP contribution in [0.1, 0.15) is 16.7 Å². The highest BCUT2D eigenvalue weighted by molar-refractivity contribution is 5.49. The molecule has 3 nitrogen and oxygen atoms in total. The normalized spacial score (nSPS) is 9.38. The van der Waals surface area contributed by atoms with E-state index in [1.54, 1.807) is 7.11 Å². The van der Waals surface area contributed by atoms with Crippen LogP contribution < -0.4 is 10.5 Å². The molecule has 0 spiro atoms. The summed E-state index contributed by atoms with van der Waals surface area (Å²) in [5, 5.41) is 8.83. The van der Waals surface area contributed by atoms with Crippen molar-refractivity contribution < 1.29 is 4.74 Å². The van der Waals surface area contributed by atoms with Gasteiger partial charge in [0.1, 0.15) is 5.75 Å². The maximum Gasteiger partial charge on any atom is 0.124 e. The highest BCUT2D eigenvalue weighted by Gasteiger charge is 2.07. The zero-order valence-corrected chi connectivity index (χ0v) is 7.79. The van der Waals surface area contributed by atoms with Crippen molar-refractivity contribution in [3.63, 3.8) is 0 Å². The van der Waals surface area contributed by atoms with Crippen LogP contribution in [-0.2, 0) is 6.54 Å². The summed E-state index contributed by atoms with van der Waals surface area (Å²) < 4.78 is 5.13. The maximum atomic E-state index is 8.83. The van der Waals surface area contributed by atoms with Crippen LogP contribution >= 0.6 is 0 Å². The number of ether oxygens (including phenoxy) is 1. The van der Waals surface area contributed by atoms with E-state index in [0.717, 1.165) is 11.1 Å². The van der Waals surface area contributed by atoms with Crippen LogP contribution in [-0.4, -0.2) is 7.11 Å². The smallest absolute Gasteiger partial charge is 0.124 e. The number of hydrogen-bond donors (Lipinski definition) is 1. The van der Waals surface area contributed by atoms with Crippen molar-refractivity contribution in [1.29, 1.82) is 5.26 Å². The minimum Gasteiger partial charge on any atom is -0.496 e. The first-order valence-corrected chi connectivity index (χ1v) is 4.00. The van der Waals surface area contributed by atoms with Crippen molar-refractivity contribution in [3.8, 4) is 11.8 Å². The Balaban J connectivity index is 3.36. The lowest BCUT2D eigenvalue weighted by Gasteiger charge is -2.09. The molecule has 1 aromatic rings. The van der Waals surface area contributed by atoms with Crippen molar-refractivity contribution >= 4 is 0 Å². The molecule has 0 saturated carbocycles. The highest BCUT2D eigenvalue weighted by atomic mass is 16.5. The number of aryl methyl sites for hydroxylation is 1. The Morgan fingerprint density at radius 1 is 1.54 bits per heavy atom. The summed E-state index contributed by atoms with van der Waals surface area (Å²) >= 11 is 0. The van der Waals surface area contributed by atoms with E-state index in [1.807, 2.05) is 19.1 Å². The van der Waals surface area contributed by atoms with Gasteiger partial charge < -0.3 is 10.5 Å². The largest absolute Gasteiger partial charge is 0.496 e. The molecule has 0 unspecified atom stereocenters. The zero-order valence-electron chi connectivity index (χ0n) is 7.79. The predicted octanol–water partition coefficient (Wildman–Crippen LogP) is 1.33. The van der Waals surface area contributed by atoms with E-state index >= 15 is 0 Å². The molecule has 3 heteroatoms. The fourth-order valence-electron chi connectivity index (χ4n) is 1.28. The summed E-state index contributed by atoms with van der Waals surface area (Å²) in [5.41, 5.74) is 7.90. The molecule has 13 heavy (non-hydrogen) atoms. The number of hydrogen-bond acceptors (Lipinski definition) is 3. The van der Waals surface area contributed by atoms with E-state index in [-0.39, 0.29) is 0 Å². The molecule has 0 aliphatic carbocycles. The number of methoxy groups -OCH3 is 1. The molecule has 0 amide bonds. The Kier molecular flexibility index (Phi) is 2.88. The van der Waals surface area contributed by atoms with Gasteiger partial charge in [0, 0.05) is 12.1 Å². The third kappa shape index (κ3) is 1.79. The van der Waals surface area contributed by atoms with Crippen LogP contribution in [0.25, 0.3) is 0 Å². The van der Waals surface area contributed by atoms with Gasteiger partial charge in [0.2, 0.25) is 0 Å². The van der Waals surface area contributed by atoms with Crippen molar-refractivity contribution in [1.82, 2.24) is 0 Å². The second-order valence-electron chi connectivity index (χ2n) is 2.81. The van der Waals surface area contributed by atoms with Gasteiger partial charge in [0.15, 0.2) is 0 Å². The SMILES string of the molecule is COc1cc(C)cc(C#N)c1CN. The van der Waals surface area contributed by atoms with Crippen LogP contribution in [0.2, 0.25) is 0 Å². The van der Waals surface area contributed by atoms with Gasteiger partial charge in [-0.25, -0.2) is 0 Å². The molecule has 2 N–H and O–H groups in total. The second-order valence-corrected chi connectivity index (χ2v) is 2.81. The summed E-state index contributed by atoms with van der Waals surface area (Å²) in [6.45, 7) is 2.25. The molecule has 0 saturated heterocycles. The number of nitrogens with zero attached hydrogens (tertiary/aromatic N) is 1. The number of benzene rings is 1. The molecule has 0 aliphatic heterocycles. The number of nitrogens with two attached hydrogens (primary N) is 1. The van der Waals surface area contributed by atoms with E-state index in [1.165, 1.54) is 0 Å². The molecule has 68 valence electrons. The van der Waals surface area contributed by atoms with Gasteiger partial charge in [-0.15, -0.1) is 0 Å². The fourth-order valence-corrected chi connectivity index (χ4v) is 1.28. The average Bonchev–Trinajstić information content (AvgIpc) is 2.16. The molecule has 0 atom stereocenters. The molecule has 0 aromatic heterocycles. The monoisotopic (exact) mass is 176 g/mol. The Bertz CT molecular complexity index is 353. The Labute approximate surface area is 77.7 Å². The van der Waals surface area contributed by atoms with Gasteiger partial charge in [0.05, 0.1) is 18.7 Å². The molecule has 0 heterocycles. The maximum absolute atomic E-state index is 8.83. The number of rotatable bonds is 2. The first-order valence-electron chi connectivity index (χ1n) is 4.00. The highest BCUT2D eigenvalue weighted by Crippen LogP contribution is 2.23. The van der Waals surface area contributed by atoms with Gasteiger partial charge in [-0.05, 0) is 24.6 Å². The minimum absolute atomic E-state index is 0.326. The Morgan fingerprint density at radius 3 is 2.69 bits per heavy atom. The average molecular weight is 176 g/mol. The van der Waals surface area contributed by atoms with Crippen LogP contribution in [0.15, 0.2) is 12.1 Å². The summed E-state index contributed by atoms with van der Waals surface area (Å²) in [7, 11) is 1.58.